The molecule has 0 saturated carbocycles. The maximum Gasteiger partial charge on any atom is 0.524 e. The fourth-order valence-electron chi connectivity index (χ4n) is 3.50. The van der Waals surface area contributed by atoms with Crippen molar-refractivity contribution in [2.24, 2.45) is 0 Å². The van der Waals surface area contributed by atoms with Gasteiger partial charge < -0.3 is 0 Å². The standard InChI is InChI=1S/C20H11F6IO5S3/c21-19(22,23)34(28,29)14-9-10-18-16(11-14)15-3-1-2-4-17(15)33(18,13-7-5-12(27)6-8-13)32-35(30,31)20(24,25)26/h1-11H. The van der Waals surface area contributed by atoms with Gasteiger partial charge in [-0.15, -0.1) is 0 Å². The minimum absolute atomic E-state index is 0.0170. The molecule has 1 aliphatic rings. The van der Waals surface area contributed by atoms with Crippen molar-refractivity contribution in [1.82, 2.24) is 0 Å². The SMILES string of the molecule is O=S(=O)(OS1(c2ccc(I)cc2)c2ccccc2-c2cc(S(=O)(=O)C(F)(F)F)ccc21)C(F)(F)F. The van der Waals surface area contributed by atoms with Gasteiger partial charge in [0.15, 0.2) is 0 Å². The highest BCUT2D eigenvalue weighted by Gasteiger charge is 2.55. The van der Waals surface area contributed by atoms with E-state index in [0.717, 1.165) is 6.07 Å². The van der Waals surface area contributed by atoms with Crippen LogP contribution in [0.15, 0.2) is 86.3 Å². The van der Waals surface area contributed by atoms with Crippen LogP contribution < -0.4 is 0 Å². The van der Waals surface area contributed by atoms with Crippen LogP contribution in [0.3, 0.4) is 0 Å². The first-order valence-corrected chi connectivity index (χ1v) is 14.7. The second-order valence-electron chi connectivity index (χ2n) is 7.08. The van der Waals surface area contributed by atoms with E-state index in [2.05, 4.69) is 0 Å². The lowest BCUT2D eigenvalue weighted by Gasteiger charge is -2.36. The van der Waals surface area contributed by atoms with Gasteiger partial charge in [-0.05, 0) is 92.6 Å². The fourth-order valence-corrected chi connectivity index (χ4v) is 9.69. The molecule has 0 aliphatic carbocycles. The Bertz CT molecular complexity index is 1530. The lowest BCUT2D eigenvalue weighted by molar-refractivity contribution is -0.0496. The number of fused-ring (bicyclic) bond motifs is 3. The van der Waals surface area contributed by atoms with Crippen molar-refractivity contribution < 1.29 is 46.8 Å². The number of benzene rings is 3. The molecule has 0 fully saturated rings. The molecule has 1 atom stereocenters. The first-order chi connectivity index (χ1) is 16.0. The Kier molecular flexibility index (Phi) is 6.27. The minimum atomic E-state index is -6.21. The summed E-state index contributed by atoms with van der Waals surface area (Å²) < 4.78 is 134. The van der Waals surface area contributed by atoms with E-state index >= 15 is 0 Å². The van der Waals surface area contributed by atoms with Crippen molar-refractivity contribution in [2.75, 3.05) is 0 Å². The minimum Gasteiger partial charge on any atom is -0.214 e. The van der Waals surface area contributed by atoms with Crippen LogP contribution in [0.2, 0.25) is 0 Å². The van der Waals surface area contributed by atoms with Gasteiger partial charge in [-0.25, -0.2) is 8.42 Å². The zero-order valence-corrected chi connectivity index (χ0v) is 21.4. The van der Waals surface area contributed by atoms with Crippen LogP contribution >= 0.6 is 32.9 Å². The van der Waals surface area contributed by atoms with Gasteiger partial charge in [0.1, 0.15) is 0 Å². The zero-order chi connectivity index (χ0) is 26.0. The monoisotopic (exact) mass is 668 g/mol. The number of halogens is 7. The van der Waals surface area contributed by atoms with E-state index in [9.17, 15) is 43.2 Å². The summed E-state index contributed by atoms with van der Waals surface area (Å²) >= 11 is 1.92. The third-order valence-corrected chi connectivity index (χ3v) is 12.2. The predicted octanol–water partition coefficient (Wildman–Crippen LogP) is 6.63. The van der Waals surface area contributed by atoms with Crippen LogP contribution in [-0.4, -0.2) is 27.9 Å². The molecule has 188 valence electrons. The molecular weight excluding hydrogens is 657 g/mol. The van der Waals surface area contributed by atoms with E-state index in [1.165, 1.54) is 48.5 Å². The summed E-state index contributed by atoms with van der Waals surface area (Å²) in [5.41, 5.74) is -11.6. The van der Waals surface area contributed by atoms with Crippen LogP contribution in [0.5, 0.6) is 0 Å². The third-order valence-electron chi connectivity index (χ3n) is 4.98. The molecule has 0 radical (unpaired) electrons. The van der Waals surface area contributed by atoms with Crippen molar-refractivity contribution in [2.45, 2.75) is 30.6 Å². The highest BCUT2D eigenvalue weighted by molar-refractivity contribution is 14.1. The second kappa shape index (κ2) is 8.36. The van der Waals surface area contributed by atoms with Gasteiger partial charge in [0.25, 0.3) is 9.84 Å². The molecule has 3 aromatic rings. The van der Waals surface area contributed by atoms with Gasteiger partial charge in [0.2, 0.25) is 0 Å². The lowest BCUT2D eigenvalue weighted by Crippen LogP contribution is -2.27. The van der Waals surface area contributed by atoms with E-state index in [4.69, 9.17) is 3.63 Å². The highest BCUT2D eigenvalue weighted by atomic mass is 127. The first kappa shape index (κ1) is 26.2. The lowest BCUT2D eigenvalue weighted by atomic mass is 10.1. The Balaban J connectivity index is 2.11. The molecule has 0 amide bonds. The topological polar surface area (TPSA) is 77.5 Å². The van der Waals surface area contributed by atoms with E-state index < -0.39 is 46.2 Å². The third kappa shape index (κ3) is 4.14. The zero-order valence-electron chi connectivity index (χ0n) is 16.8. The number of alkyl halides is 6. The molecule has 4 rings (SSSR count). The van der Waals surface area contributed by atoms with E-state index in [-0.39, 0.29) is 25.8 Å². The highest BCUT2D eigenvalue weighted by Crippen LogP contribution is 2.77. The molecule has 3 aromatic carbocycles. The van der Waals surface area contributed by atoms with Crippen molar-refractivity contribution in [3.63, 3.8) is 0 Å². The molecule has 1 unspecified atom stereocenters. The summed E-state index contributed by atoms with van der Waals surface area (Å²) in [6, 6.07) is 13.3. The summed E-state index contributed by atoms with van der Waals surface area (Å²) in [5, 5.41) is 0. The molecule has 5 nitrogen and oxygen atoms in total. The van der Waals surface area contributed by atoms with Crippen molar-refractivity contribution in [1.29, 1.82) is 0 Å². The van der Waals surface area contributed by atoms with Gasteiger partial charge in [0, 0.05) is 18.3 Å². The van der Waals surface area contributed by atoms with Gasteiger partial charge in [0.05, 0.1) is 4.90 Å². The van der Waals surface area contributed by atoms with E-state index in [0.29, 0.717) is 15.7 Å². The molecule has 0 N–H and O–H groups in total. The van der Waals surface area contributed by atoms with E-state index in [1.54, 1.807) is 0 Å². The summed E-state index contributed by atoms with van der Waals surface area (Å²) in [5.74, 6) is 0. The van der Waals surface area contributed by atoms with Crippen molar-refractivity contribution >= 4 is 52.9 Å². The van der Waals surface area contributed by atoms with Crippen LogP contribution in [0.4, 0.5) is 26.3 Å². The van der Waals surface area contributed by atoms with Crippen molar-refractivity contribution in [3.8, 4) is 11.1 Å². The summed E-state index contributed by atoms with van der Waals surface area (Å²) in [7, 11) is -15.7. The maximum absolute atomic E-state index is 13.4. The number of hydrogen-bond acceptors (Lipinski definition) is 5. The molecule has 1 heterocycles. The molecule has 0 aromatic heterocycles. The largest absolute Gasteiger partial charge is 0.524 e. The molecule has 35 heavy (non-hydrogen) atoms. The van der Waals surface area contributed by atoms with Gasteiger partial charge in [-0.2, -0.15) is 38.4 Å². The average Bonchev–Trinajstić information content (AvgIpc) is 3.03. The van der Waals surface area contributed by atoms with Gasteiger partial charge >= 0.3 is 21.1 Å². The Morgan fingerprint density at radius 3 is 1.86 bits per heavy atom. The molecule has 0 saturated heterocycles. The molecule has 0 bridgehead atoms. The summed E-state index contributed by atoms with van der Waals surface area (Å²) in [6.07, 6.45) is 0. The summed E-state index contributed by atoms with van der Waals surface area (Å²) in [4.78, 5) is -1.35. The number of hydrogen-bond donors (Lipinski definition) is 0. The molecule has 15 heteroatoms. The molecule has 1 aliphatic heterocycles. The molecular formula is C20H11F6IO5S3. The normalized spacial score (nSPS) is 20.1. The Morgan fingerprint density at radius 1 is 0.714 bits per heavy atom. The van der Waals surface area contributed by atoms with E-state index in [1.807, 2.05) is 22.6 Å². The van der Waals surface area contributed by atoms with Crippen molar-refractivity contribution in [3.05, 3.63) is 70.3 Å². The second-order valence-corrected chi connectivity index (χ2v) is 14.6. The first-order valence-electron chi connectivity index (χ1n) is 9.18. The summed E-state index contributed by atoms with van der Waals surface area (Å²) in [6.45, 7) is 0. The van der Waals surface area contributed by atoms with Crippen LogP contribution in [0.1, 0.15) is 0 Å². The Morgan fingerprint density at radius 2 is 1.29 bits per heavy atom. The predicted molar refractivity (Wildman–Crippen MR) is 123 cm³/mol. The van der Waals surface area contributed by atoms with Gasteiger partial charge in [-0.1, -0.05) is 18.2 Å². The molecule has 0 spiro atoms. The van der Waals surface area contributed by atoms with Crippen LogP contribution in [-0.2, 0) is 23.6 Å². The number of rotatable bonds is 4. The number of sulfone groups is 1. The smallest absolute Gasteiger partial charge is 0.214 e. The fraction of sp³-hybridized carbons (Fsp3) is 0.100. The quantitative estimate of drug-likeness (QED) is 0.177. The van der Waals surface area contributed by atoms with Crippen LogP contribution in [0, 0.1) is 3.57 Å². The van der Waals surface area contributed by atoms with Gasteiger partial charge in [-0.3, -0.25) is 0 Å². The van der Waals surface area contributed by atoms with Crippen LogP contribution in [0.25, 0.3) is 11.1 Å². The average molecular weight is 668 g/mol. The Hall–Kier alpha value is -1.82. The maximum atomic E-state index is 13.4. The Labute approximate surface area is 210 Å².